The first-order valence-electron chi connectivity index (χ1n) is 5.58. The van der Waals surface area contributed by atoms with Gasteiger partial charge in [-0.2, -0.15) is 0 Å². The maximum absolute atomic E-state index is 9.12. The SMILES string of the molecule is CC1=C[C@@H](CO)O[C@H]1n1cnc2c(N)ncnc21. The highest BCUT2D eigenvalue weighted by atomic mass is 16.5. The number of aliphatic hydroxyl groups excluding tert-OH is 1. The third kappa shape index (κ3) is 1.56. The number of rotatable bonds is 2. The second kappa shape index (κ2) is 4.04. The molecule has 3 N–H and O–H groups in total. The van der Waals surface area contributed by atoms with Crippen LogP contribution in [-0.4, -0.2) is 37.3 Å². The van der Waals surface area contributed by atoms with Crippen molar-refractivity contribution in [3.05, 3.63) is 24.3 Å². The zero-order valence-electron chi connectivity index (χ0n) is 9.82. The van der Waals surface area contributed by atoms with Gasteiger partial charge in [-0.3, -0.25) is 4.57 Å². The smallest absolute Gasteiger partial charge is 0.167 e. The highest BCUT2D eigenvalue weighted by molar-refractivity contribution is 5.81. The van der Waals surface area contributed by atoms with Gasteiger partial charge in [-0.05, 0) is 12.5 Å². The fourth-order valence-electron chi connectivity index (χ4n) is 2.11. The Balaban J connectivity index is 2.06. The topological polar surface area (TPSA) is 99.1 Å². The maximum atomic E-state index is 9.12. The lowest BCUT2D eigenvalue weighted by molar-refractivity contribution is -0.0104. The summed E-state index contributed by atoms with van der Waals surface area (Å²) in [5, 5.41) is 9.12. The van der Waals surface area contributed by atoms with E-state index in [2.05, 4.69) is 15.0 Å². The van der Waals surface area contributed by atoms with Gasteiger partial charge in [0, 0.05) is 0 Å². The highest BCUT2D eigenvalue weighted by Gasteiger charge is 2.27. The van der Waals surface area contributed by atoms with E-state index in [1.807, 2.05) is 13.0 Å². The molecule has 2 atom stereocenters. The van der Waals surface area contributed by atoms with Crippen LogP contribution >= 0.6 is 0 Å². The number of nitrogens with zero attached hydrogens (tertiary/aromatic N) is 4. The van der Waals surface area contributed by atoms with Crippen LogP contribution < -0.4 is 5.73 Å². The Kier molecular flexibility index (Phi) is 2.49. The third-order valence-corrected chi connectivity index (χ3v) is 2.96. The van der Waals surface area contributed by atoms with Crippen molar-refractivity contribution < 1.29 is 9.84 Å². The molecule has 7 heteroatoms. The van der Waals surface area contributed by atoms with Crippen molar-refractivity contribution in [3.63, 3.8) is 0 Å². The second-order valence-corrected chi connectivity index (χ2v) is 4.20. The molecule has 1 aliphatic heterocycles. The number of fused-ring (bicyclic) bond motifs is 1. The number of nitrogens with two attached hydrogens (primary N) is 1. The molecule has 0 saturated heterocycles. The predicted octanol–water partition coefficient (Wildman–Crippen LogP) is 0.245. The number of hydrogen-bond acceptors (Lipinski definition) is 6. The lowest BCUT2D eigenvalue weighted by Crippen LogP contribution is -2.16. The molecule has 18 heavy (non-hydrogen) atoms. The van der Waals surface area contributed by atoms with E-state index < -0.39 is 0 Å². The number of hydrogen-bond donors (Lipinski definition) is 2. The van der Waals surface area contributed by atoms with Crippen molar-refractivity contribution in [2.45, 2.75) is 19.3 Å². The summed E-state index contributed by atoms with van der Waals surface area (Å²) in [6.07, 6.45) is 4.32. The van der Waals surface area contributed by atoms with Crippen molar-refractivity contribution in [1.82, 2.24) is 19.5 Å². The number of anilines is 1. The Morgan fingerprint density at radius 3 is 3.00 bits per heavy atom. The molecule has 0 amide bonds. The van der Waals surface area contributed by atoms with Crippen LogP contribution in [0.2, 0.25) is 0 Å². The molecule has 3 heterocycles. The van der Waals surface area contributed by atoms with Crippen LogP contribution in [0.5, 0.6) is 0 Å². The van der Waals surface area contributed by atoms with E-state index >= 15 is 0 Å². The average Bonchev–Trinajstić information content (AvgIpc) is 2.93. The van der Waals surface area contributed by atoms with Crippen LogP contribution in [0.3, 0.4) is 0 Å². The minimum absolute atomic E-state index is 0.0441. The summed E-state index contributed by atoms with van der Waals surface area (Å²) in [5.74, 6) is 0.345. The molecular formula is C11H13N5O2. The van der Waals surface area contributed by atoms with Crippen LogP contribution in [0.25, 0.3) is 11.2 Å². The Hall–Kier alpha value is -1.99. The summed E-state index contributed by atoms with van der Waals surface area (Å²) in [5.41, 5.74) is 7.92. The van der Waals surface area contributed by atoms with Gasteiger partial charge >= 0.3 is 0 Å². The first kappa shape index (κ1) is 11.1. The Labute approximate surface area is 103 Å². The fraction of sp³-hybridized carbons (Fsp3) is 0.364. The Morgan fingerprint density at radius 2 is 2.28 bits per heavy atom. The van der Waals surface area contributed by atoms with E-state index in [9.17, 15) is 0 Å². The number of aromatic nitrogens is 4. The zero-order valence-corrected chi connectivity index (χ0v) is 9.82. The monoisotopic (exact) mass is 247 g/mol. The van der Waals surface area contributed by atoms with Crippen molar-refractivity contribution >= 4 is 17.0 Å². The Bertz CT molecular complexity index is 621. The molecule has 1 aliphatic rings. The van der Waals surface area contributed by atoms with Crippen molar-refractivity contribution in [2.75, 3.05) is 12.3 Å². The van der Waals surface area contributed by atoms with E-state index in [1.165, 1.54) is 6.33 Å². The second-order valence-electron chi connectivity index (χ2n) is 4.20. The predicted molar refractivity (Wildman–Crippen MR) is 64.5 cm³/mol. The molecule has 0 bridgehead atoms. The van der Waals surface area contributed by atoms with Crippen molar-refractivity contribution in [3.8, 4) is 0 Å². The van der Waals surface area contributed by atoms with Gasteiger partial charge in [0.1, 0.15) is 17.9 Å². The number of nitrogen functional groups attached to an aromatic ring is 1. The molecule has 0 fully saturated rings. The standard InChI is InChI=1S/C11H13N5O2/c1-6-2-7(3-17)18-11(6)16-5-15-8-9(12)13-4-14-10(8)16/h2,4-5,7,11,17H,3H2,1H3,(H2,12,13,14)/t7-,11+/m0/s1. The molecule has 0 aromatic carbocycles. The van der Waals surface area contributed by atoms with Crippen LogP contribution in [-0.2, 0) is 4.74 Å². The molecule has 94 valence electrons. The Morgan fingerprint density at radius 1 is 1.44 bits per heavy atom. The van der Waals surface area contributed by atoms with Crippen molar-refractivity contribution in [2.24, 2.45) is 0 Å². The summed E-state index contributed by atoms with van der Waals surface area (Å²) in [6, 6.07) is 0. The normalized spacial score (nSPS) is 23.6. The summed E-state index contributed by atoms with van der Waals surface area (Å²) in [4.78, 5) is 12.3. The van der Waals surface area contributed by atoms with Gasteiger partial charge in [0.15, 0.2) is 17.7 Å². The van der Waals surface area contributed by atoms with Gasteiger partial charge in [0.05, 0.1) is 12.9 Å². The van der Waals surface area contributed by atoms with Crippen LogP contribution in [0, 0.1) is 0 Å². The molecule has 7 nitrogen and oxygen atoms in total. The molecule has 2 aromatic rings. The van der Waals surface area contributed by atoms with Gasteiger partial charge in [0.2, 0.25) is 0 Å². The molecule has 0 unspecified atom stereocenters. The maximum Gasteiger partial charge on any atom is 0.167 e. The molecule has 0 spiro atoms. The molecule has 3 rings (SSSR count). The lowest BCUT2D eigenvalue weighted by atomic mass is 10.2. The summed E-state index contributed by atoms with van der Waals surface area (Å²) < 4.78 is 7.48. The summed E-state index contributed by atoms with van der Waals surface area (Å²) in [7, 11) is 0. The average molecular weight is 247 g/mol. The van der Waals surface area contributed by atoms with E-state index in [4.69, 9.17) is 15.6 Å². The summed E-state index contributed by atoms with van der Waals surface area (Å²) >= 11 is 0. The van der Waals surface area contributed by atoms with Gasteiger partial charge in [0.25, 0.3) is 0 Å². The zero-order chi connectivity index (χ0) is 12.7. The first-order chi connectivity index (χ1) is 8.70. The van der Waals surface area contributed by atoms with E-state index in [1.54, 1.807) is 10.9 Å². The molecule has 0 aliphatic carbocycles. The summed E-state index contributed by atoms with van der Waals surface area (Å²) in [6.45, 7) is 1.90. The van der Waals surface area contributed by atoms with Crippen LogP contribution in [0.15, 0.2) is 24.3 Å². The minimum Gasteiger partial charge on any atom is -0.393 e. The van der Waals surface area contributed by atoms with Gasteiger partial charge in [-0.15, -0.1) is 0 Å². The van der Waals surface area contributed by atoms with Gasteiger partial charge < -0.3 is 15.6 Å². The number of imidazole rings is 1. The van der Waals surface area contributed by atoms with Gasteiger partial charge in [-0.1, -0.05) is 6.08 Å². The molecule has 2 aromatic heterocycles. The third-order valence-electron chi connectivity index (χ3n) is 2.96. The van der Waals surface area contributed by atoms with Crippen LogP contribution in [0.4, 0.5) is 5.82 Å². The largest absolute Gasteiger partial charge is 0.393 e. The quantitative estimate of drug-likeness (QED) is 0.738. The molecular weight excluding hydrogens is 234 g/mol. The van der Waals surface area contributed by atoms with Crippen molar-refractivity contribution in [1.29, 1.82) is 0 Å². The number of ether oxygens (including phenoxy) is 1. The lowest BCUT2D eigenvalue weighted by Gasteiger charge is -2.16. The number of aliphatic hydroxyl groups is 1. The highest BCUT2D eigenvalue weighted by Crippen LogP contribution is 2.30. The van der Waals surface area contributed by atoms with E-state index in [0.717, 1.165) is 5.57 Å². The van der Waals surface area contributed by atoms with E-state index in [0.29, 0.717) is 17.0 Å². The first-order valence-corrected chi connectivity index (χ1v) is 5.58. The van der Waals surface area contributed by atoms with Crippen LogP contribution in [0.1, 0.15) is 13.2 Å². The molecule has 0 radical (unpaired) electrons. The van der Waals surface area contributed by atoms with Gasteiger partial charge in [-0.25, -0.2) is 15.0 Å². The fourth-order valence-corrected chi connectivity index (χ4v) is 2.11. The minimum atomic E-state index is -0.304. The van der Waals surface area contributed by atoms with E-state index in [-0.39, 0.29) is 18.9 Å². The molecule has 0 saturated carbocycles.